The number of pyridine rings is 1. The average Bonchev–Trinajstić information content (AvgIpc) is 2.49. The number of nitrogens with zero attached hydrogens (tertiary/aromatic N) is 3. The van der Waals surface area contributed by atoms with E-state index in [2.05, 4.69) is 14.8 Å². The first-order valence-corrected chi connectivity index (χ1v) is 7.42. The van der Waals surface area contributed by atoms with Crippen molar-refractivity contribution in [2.24, 2.45) is 0 Å². The zero-order valence-electron chi connectivity index (χ0n) is 11.7. The van der Waals surface area contributed by atoms with E-state index >= 15 is 0 Å². The number of hydrogen-bond acceptors (Lipinski definition) is 3. The van der Waals surface area contributed by atoms with Gasteiger partial charge in [0.2, 0.25) is 0 Å². The first-order chi connectivity index (χ1) is 10.2. The topological polar surface area (TPSA) is 19.4 Å². The predicted octanol–water partition coefficient (Wildman–Crippen LogP) is 3.20. The maximum Gasteiger partial charge on any atom is 0.146 e. The molecule has 2 heterocycles. The third kappa shape index (κ3) is 3.52. The Morgan fingerprint density at radius 3 is 2.57 bits per heavy atom. The molecular weight excluding hydrogens is 289 g/mol. The summed E-state index contributed by atoms with van der Waals surface area (Å²) in [6, 6.07) is 10.6. The van der Waals surface area contributed by atoms with Gasteiger partial charge in [0, 0.05) is 43.9 Å². The molecule has 0 bridgehead atoms. The summed E-state index contributed by atoms with van der Waals surface area (Å²) in [5.74, 6) is -0.151. The van der Waals surface area contributed by atoms with Crippen LogP contribution < -0.4 is 4.90 Å². The van der Waals surface area contributed by atoms with E-state index in [0.717, 1.165) is 38.4 Å². The Morgan fingerprint density at radius 1 is 1.10 bits per heavy atom. The van der Waals surface area contributed by atoms with Crippen LogP contribution >= 0.6 is 11.6 Å². The lowest BCUT2D eigenvalue weighted by Gasteiger charge is -2.36. The van der Waals surface area contributed by atoms with E-state index in [1.165, 1.54) is 6.07 Å². The number of anilines is 1. The van der Waals surface area contributed by atoms with Crippen molar-refractivity contribution in [2.75, 3.05) is 31.1 Å². The monoisotopic (exact) mass is 305 g/mol. The fraction of sp³-hybridized carbons (Fsp3) is 0.312. The highest BCUT2D eigenvalue weighted by Crippen LogP contribution is 2.20. The number of aromatic nitrogens is 1. The van der Waals surface area contributed by atoms with Gasteiger partial charge in [0.15, 0.2) is 0 Å². The Labute approximate surface area is 129 Å². The molecule has 3 rings (SSSR count). The normalized spacial score (nSPS) is 16.2. The largest absolute Gasteiger partial charge is 0.367 e. The Kier molecular flexibility index (Phi) is 4.36. The molecule has 1 aliphatic heterocycles. The van der Waals surface area contributed by atoms with Crippen molar-refractivity contribution in [1.29, 1.82) is 0 Å². The maximum atomic E-state index is 13.8. The summed E-state index contributed by atoms with van der Waals surface area (Å²) in [5.41, 5.74) is 1.67. The van der Waals surface area contributed by atoms with Crippen LogP contribution in [0.2, 0.25) is 5.02 Å². The van der Waals surface area contributed by atoms with Gasteiger partial charge in [0.1, 0.15) is 5.82 Å². The van der Waals surface area contributed by atoms with Gasteiger partial charge in [-0.25, -0.2) is 4.39 Å². The third-order valence-electron chi connectivity index (χ3n) is 3.73. The van der Waals surface area contributed by atoms with Gasteiger partial charge in [0.25, 0.3) is 0 Å². The smallest absolute Gasteiger partial charge is 0.146 e. The minimum atomic E-state index is -0.151. The van der Waals surface area contributed by atoms with Crippen LogP contribution in [0, 0.1) is 5.82 Å². The molecule has 0 unspecified atom stereocenters. The second kappa shape index (κ2) is 6.41. The van der Waals surface area contributed by atoms with Gasteiger partial charge in [-0.05, 0) is 24.3 Å². The number of halogens is 2. The van der Waals surface area contributed by atoms with Crippen LogP contribution in [0.15, 0.2) is 42.6 Å². The third-order valence-corrected chi connectivity index (χ3v) is 3.96. The van der Waals surface area contributed by atoms with Crippen LogP contribution in [0.25, 0.3) is 0 Å². The van der Waals surface area contributed by atoms with Crippen molar-refractivity contribution in [1.82, 2.24) is 9.88 Å². The Balaban J connectivity index is 1.59. The Morgan fingerprint density at radius 2 is 1.86 bits per heavy atom. The maximum absolute atomic E-state index is 13.8. The Hall–Kier alpha value is -1.65. The molecule has 1 fully saturated rings. The predicted molar refractivity (Wildman–Crippen MR) is 83.1 cm³/mol. The molecule has 0 atom stereocenters. The fourth-order valence-electron chi connectivity index (χ4n) is 2.62. The second-order valence-electron chi connectivity index (χ2n) is 5.18. The van der Waals surface area contributed by atoms with Crippen LogP contribution in [0.5, 0.6) is 0 Å². The zero-order chi connectivity index (χ0) is 14.7. The quantitative estimate of drug-likeness (QED) is 0.868. The van der Waals surface area contributed by atoms with Gasteiger partial charge < -0.3 is 4.90 Å². The van der Waals surface area contributed by atoms with E-state index in [0.29, 0.717) is 10.7 Å². The first kappa shape index (κ1) is 14.3. The van der Waals surface area contributed by atoms with E-state index in [-0.39, 0.29) is 5.82 Å². The number of para-hydroxylation sites is 1. The molecule has 0 saturated carbocycles. The molecule has 3 nitrogen and oxygen atoms in total. The van der Waals surface area contributed by atoms with Crippen LogP contribution in [-0.4, -0.2) is 36.1 Å². The van der Waals surface area contributed by atoms with Crippen molar-refractivity contribution >= 4 is 17.3 Å². The van der Waals surface area contributed by atoms with Gasteiger partial charge in [-0.1, -0.05) is 23.7 Å². The molecule has 1 aromatic carbocycles. The van der Waals surface area contributed by atoms with Gasteiger partial charge in [-0.3, -0.25) is 9.88 Å². The van der Waals surface area contributed by atoms with E-state index in [4.69, 9.17) is 11.6 Å². The summed E-state index contributed by atoms with van der Waals surface area (Å²) in [4.78, 5) is 8.74. The van der Waals surface area contributed by atoms with Crippen molar-refractivity contribution in [3.63, 3.8) is 0 Å². The molecule has 1 saturated heterocycles. The van der Waals surface area contributed by atoms with Crippen LogP contribution in [-0.2, 0) is 6.54 Å². The first-order valence-electron chi connectivity index (χ1n) is 7.04. The molecule has 0 aliphatic carbocycles. The standard InChI is InChI=1S/C16H17ClFN3/c17-13-5-6-19-14(11-13)12-20-7-9-21(10-8-20)16-4-2-1-3-15(16)18/h1-6,11H,7-10,12H2. The number of rotatable bonds is 3. The van der Waals surface area contributed by atoms with Crippen LogP contribution in [0.3, 0.4) is 0 Å². The fourth-order valence-corrected chi connectivity index (χ4v) is 2.80. The minimum absolute atomic E-state index is 0.151. The number of benzene rings is 1. The lowest BCUT2D eigenvalue weighted by molar-refractivity contribution is 0.246. The highest BCUT2D eigenvalue weighted by atomic mass is 35.5. The molecule has 110 valence electrons. The minimum Gasteiger partial charge on any atom is -0.367 e. The molecule has 1 aromatic heterocycles. The van der Waals surface area contributed by atoms with Crippen molar-refractivity contribution in [3.8, 4) is 0 Å². The summed E-state index contributed by atoms with van der Waals surface area (Å²) >= 11 is 5.97. The van der Waals surface area contributed by atoms with Gasteiger partial charge in [-0.2, -0.15) is 0 Å². The van der Waals surface area contributed by atoms with Crippen molar-refractivity contribution in [2.45, 2.75) is 6.54 Å². The van der Waals surface area contributed by atoms with E-state index in [1.54, 1.807) is 18.3 Å². The van der Waals surface area contributed by atoms with Gasteiger partial charge in [0.05, 0.1) is 11.4 Å². The number of hydrogen-bond donors (Lipinski definition) is 0. The van der Waals surface area contributed by atoms with E-state index < -0.39 is 0 Å². The van der Waals surface area contributed by atoms with Gasteiger partial charge >= 0.3 is 0 Å². The van der Waals surface area contributed by atoms with Gasteiger partial charge in [-0.15, -0.1) is 0 Å². The van der Waals surface area contributed by atoms with Crippen LogP contribution in [0.1, 0.15) is 5.69 Å². The zero-order valence-corrected chi connectivity index (χ0v) is 12.4. The highest BCUT2D eigenvalue weighted by molar-refractivity contribution is 6.30. The molecule has 0 amide bonds. The van der Waals surface area contributed by atoms with E-state index in [1.807, 2.05) is 18.2 Å². The summed E-state index contributed by atoms with van der Waals surface area (Å²) in [5, 5.41) is 0.713. The summed E-state index contributed by atoms with van der Waals surface area (Å²) in [7, 11) is 0. The molecule has 5 heteroatoms. The average molecular weight is 306 g/mol. The second-order valence-corrected chi connectivity index (χ2v) is 5.62. The Bertz CT molecular complexity index is 612. The lowest BCUT2D eigenvalue weighted by Crippen LogP contribution is -2.46. The summed E-state index contributed by atoms with van der Waals surface area (Å²) in [6.07, 6.45) is 1.73. The molecule has 0 spiro atoms. The van der Waals surface area contributed by atoms with Crippen molar-refractivity contribution < 1.29 is 4.39 Å². The molecule has 21 heavy (non-hydrogen) atoms. The van der Waals surface area contributed by atoms with E-state index in [9.17, 15) is 4.39 Å². The molecule has 0 N–H and O–H groups in total. The molecule has 0 radical (unpaired) electrons. The van der Waals surface area contributed by atoms with Crippen LogP contribution in [0.4, 0.5) is 10.1 Å². The molecule has 2 aromatic rings. The van der Waals surface area contributed by atoms with Crippen molar-refractivity contribution in [3.05, 3.63) is 59.1 Å². The lowest BCUT2D eigenvalue weighted by atomic mass is 10.2. The molecular formula is C16H17ClFN3. The molecule has 1 aliphatic rings. The summed E-state index contributed by atoms with van der Waals surface area (Å²) in [6.45, 7) is 4.21. The SMILES string of the molecule is Fc1ccccc1N1CCN(Cc2cc(Cl)ccn2)CC1. The summed E-state index contributed by atoms with van der Waals surface area (Å²) < 4.78 is 13.8. The highest BCUT2D eigenvalue weighted by Gasteiger charge is 2.19. The number of piperazine rings is 1.